The molecule has 102 valence electrons. The molecule has 4 nitrogen and oxygen atoms in total. The van der Waals surface area contributed by atoms with Crippen molar-refractivity contribution in [3.8, 4) is 0 Å². The van der Waals surface area contributed by atoms with E-state index in [-0.39, 0.29) is 11.9 Å². The van der Waals surface area contributed by atoms with Crippen molar-refractivity contribution in [3.63, 3.8) is 0 Å². The van der Waals surface area contributed by atoms with E-state index in [0.717, 1.165) is 25.0 Å². The van der Waals surface area contributed by atoms with Crippen LogP contribution in [0.2, 0.25) is 0 Å². The van der Waals surface area contributed by atoms with Crippen molar-refractivity contribution in [2.75, 3.05) is 12.4 Å². The molecule has 1 aromatic rings. The van der Waals surface area contributed by atoms with Crippen LogP contribution in [-0.2, 0) is 6.42 Å². The maximum absolute atomic E-state index is 12.5. The zero-order valence-electron chi connectivity index (χ0n) is 11.1. The highest BCUT2D eigenvalue weighted by Crippen LogP contribution is 2.17. The van der Waals surface area contributed by atoms with Gasteiger partial charge in [0.05, 0.1) is 5.69 Å². The Morgan fingerprint density at radius 1 is 1.50 bits per heavy atom. The van der Waals surface area contributed by atoms with Gasteiger partial charge in [0.2, 0.25) is 0 Å². The summed E-state index contributed by atoms with van der Waals surface area (Å²) in [5.74, 6) is 0.604. The molecular formula is C12H20ClN3OS. The lowest BCUT2D eigenvalue weighted by molar-refractivity contribution is 0.0710. The van der Waals surface area contributed by atoms with Crippen LogP contribution in [0.25, 0.3) is 0 Å². The van der Waals surface area contributed by atoms with Crippen molar-refractivity contribution in [2.45, 2.75) is 46.1 Å². The summed E-state index contributed by atoms with van der Waals surface area (Å²) in [6.07, 6.45) is 2.58. The molecular weight excluding hydrogens is 270 g/mol. The second-order valence-electron chi connectivity index (χ2n) is 4.43. The van der Waals surface area contributed by atoms with Gasteiger partial charge in [-0.05, 0) is 38.2 Å². The molecule has 0 aliphatic rings. The summed E-state index contributed by atoms with van der Waals surface area (Å²) in [7, 11) is 0. The highest BCUT2D eigenvalue weighted by Gasteiger charge is 2.23. The van der Waals surface area contributed by atoms with Crippen molar-refractivity contribution in [1.29, 1.82) is 0 Å². The summed E-state index contributed by atoms with van der Waals surface area (Å²) in [6.45, 7) is 6.78. The van der Waals surface area contributed by atoms with Crippen molar-refractivity contribution in [3.05, 3.63) is 10.6 Å². The number of amides is 1. The summed E-state index contributed by atoms with van der Waals surface area (Å²) in [5.41, 5.74) is 0.823. The minimum Gasteiger partial charge on any atom is -0.335 e. The standard InChI is InChI=1S/C12H20ClN3OS/c1-4-6-10-11(18-15-14-10)12(17)16(9(2)3)8-5-7-13/h9H,4-8H2,1-3H3. The van der Waals surface area contributed by atoms with Gasteiger partial charge >= 0.3 is 0 Å². The van der Waals surface area contributed by atoms with Crippen LogP contribution >= 0.6 is 23.1 Å². The van der Waals surface area contributed by atoms with Crippen molar-refractivity contribution < 1.29 is 4.79 Å². The molecule has 6 heteroatoms. The number of halogens is 1. The molecule has 0 saturated heterocycles. The highest BCUT2D eigenvalue weighted by atomic mass is 35.5. The first-order valence-corrected chi connectivity index (χ1v) is 7.60. The lowest BCUT2D eigenvalue weighted by Gasteiger charge is -2.26. The summed E-state index contributed by atoms with van der Waals surface area (Å²) in [5, 5.41) is 4.04. The average Bonchev–Trinajstić information content (AvgIpc) is 2.77. The zero-order valence-corrected chi connectivity index (χ0v) is 12.7. The highest BCUT2D eigenvalue weighted by molar-refractivity contribution is 7.08. The second-order valence-corrected chi connectivity index (χ2v) is 5.57. The number of aryl methyl sites for hydroxylation is 1. The van der Waals surface area contributed by atoms with Crippen LogP contribution in [0.5, 0.6) is 0 Å². The Morgan fingerprint density at radius 3 is 2.78 bits per heavy atom. The van der Waals surface area contributed by atoms with Crippen LogP contribution in [-0.4, -0.2) is 38.9 Å². The fourth-order valence-electron chi connectivity index (χ4n) is 1.73. The van der Waals surface area contributed by atoms with E-state index >= 15 is 0 Å². The van der Waals surface area contributed by atoms with E-state index in [2.05, 4.69) is 16.5 Å². The molecule has 0 saturated carbocycles. The molecule has 1 aromatic heterocycles. The molecule has 0 unspecified atom stereocenters. The van der Waals surface area contributed by atoms with Crippen LogP contribution in [0.4, 0.5) is 0 Å². The van der Waals surface area contributed by atoms with E-state index in [1.54, 1.807) is 0 Å². The van der Waals surface area contributed by atoms with Crippen LogP contribution in [0.3, 0.4) is 0 Å². The predicted molar refractivity (Wildman–Crippen MR) is 75.4 cm³/mol. The number of alkyl halides is 1. The van der Waals surface area contributed by atoms with Crippen LogP contribution in [0, 0.1) is 0 Å². The molecule has 0 fully saturated rings. The summed E-state index contributed by atoms with van der Waals surface area (Å²) < 4.78 is 3.90. The zero-order chi connectivity index (χ0) is 13.5. The van der Waals surface area contributed by atoms with Crippen molar-refractivity contribution >= 4 is 29.0 Å². The molecule has 0 aliphatic heterocycles. The number of hydrogen-bond donors (Lipinski definition) is 0. The number of rotatable bonds is 7. The van der Waals surface area contributed by atoms with Gasteiger partial charge in [-0.2, -0.15) is 0 Å². The summed E-state index contributed by atoms with van der Waals surface area (Å²) in [6, 6.07) is 0.164. The van der Waals surface area contributed by atoms with Gasteiger partial charge in [0, 0.05) is 18.5 Å². The molecule has 0 aromatic carbocycles. The molecule has 0 bridgehead atoms. The SMILES string of the molecule is CCCc1nnsc1C(=O)N(CCCCl)C(C)C. The van der Waals surface area contributed by atoms with E-state index < -0.39 is 0 Å². The summed E-state index contributed by atoms with van der Waals surface area (Å²) >= 11 is 6.89. The first-order valence-electron chi connectivity index (χ1n) is 6.30. The third kappa shape index (κ3) is 3.92. The van der Waals surface area contributed by atoms with Crippen molar-refractivity contribution in [2.24, 2.45) is 0 Å². The third-order valence-electron chi connectivity index (χ3n) is 2.65. The fourth-order valence-corrected chi connectivity index (χ4v) is 2.51. The second kappa shape index (κ2) is 7.69. The van der Waals surface area contributed by atoms with E-state index in [1.807, 2.05) is 18.7 Å². The molecule has 0 N–H and O–H groups in total. The van der Waals surface area contributed by atoms with Gasteiger partial charge in [-0.1, -0.05) is 17.8 Å². The van der Waals surface area contributed by atoms with Gasteiger partial charge < -0.3 is 4.90 Å². The van der Waals surface area contributed by atoms with Crippen molar-refractivity contribution in [1.82, 2.24) is 14.5 Å². The summed E-state index contributed by atoms with van der Waals surface area (Å²) in [4.78, 5) is 15.0. The number of carbonyl (C=O) groups is 1. The lowest BCUT2D eigenvalue weighted by Crippen LogP contribution is -2.38. The molecule has 18 heavy (non-hydrogen) atoms. The van der Waals surface area contributed by atoms with E-state index in [4.69, 9.17) is 11.6 Å². The number of aromatic nitrogens is 2. The molecule has 0 atom stereocenters. The Labute approximate surface area is 117 Å². The Hall–Kier alpha value is -0.680. The minimum atomic E-state index is 0.0357. The van der Waals surface area contributed by atoms with Gasteiger partial charge in [0.1, 0.15) is 4.88 Å². The van der Waals surface area contributed by atoms with Crippen LogP contribution in [0.1, 0.15) is 49.0 Å². The number of nitrogens with zero attached hydrogens (tertiary/aromatic N) is 3. The average molecular weight is 290 g/mol. The Bertz CT molecular complexity index is 381. The normalized spacial score (nSPS) is 10.9. The molecule has 0 aliphatic carbocycles. The number of carbonyl (C=O) groups excluding carboxylic acids is 1. The van der Waals surface area contributed by atoms with E-state index in [9.17, 15) is 4.79 Å². The lowest BCUT2D eigenvalue weighted by atomic mass is 10.2. The molecule has 0 radical (unpaired) electrons. The van der Waals surface area contributed by atoms with E-state index in [1.165, 1.54) is 11.5 Å². The molecule has 1 rings (SSSR count). The van der Waals surface area contributed by atoms with Gasteiger partial charge in [-0.15, -0.1) is 16.7 Å². The van der Waals surface area contributed by atoms with Gasteiger partial charge in [-0.25, -0.2) is 0 Å². The first kappa shape index (κ1) is 15.4. The number of hydrogen-bond acceptors (Lipinski definition) is 4. The maximum Gasteiger partial charge on any atom is 0.267 e. The minimum absolute atomic E-state index is 0.0357. The maximum atomic E-state index is 12.5. The predicted octanol–water partition coefficient (Wildman–Crippen LogP) is 2.97. The molecule has 0 spiro atoms. The van der Waals surface area contributed by atoms with Gasteiger partial charge in [0.25, 0.3) is 5.91 Å². The quantitative estimate of drug-likeness (QED) is 0.725. The smallest absolute Gasteiger partial charge is 0.267 e. The van der Waals surface area contributed by atoms with Crippen LogP contribution < -0.4 is 0 Å². The monoisotopic (exact) mass is 289 g/mol. The van der Waals surface area contributed by atoms with Crippen LogP contribution in [0.15, 0.2) is 0 Å². The Balaban J connectivity index is 2.84. The van der Waals surface area contributed by atoms with Gasteiger partial charge in [-0.3, -0.25) is 4.79 Å². The van der Waals surface area contributed by atoms with Gasteiger partial charge in [0.15, 0.2) is 0 Å². The molecule has 1 heterocycles. The van der Waals surface area contributed by atoms with E-state index in [0.29, 0.717) is 17.3 Å². The third-order valence-corrected chi connectivity index (χ3v) is 3.68. The largest absolute Gasteiger partial charge is 0.335 e. The Morgan fingerprint density at radius 2 is 2.22 bits per heavy atom. The Kier molecular flexibility index (Phi) is 6.57. The topological polar surface area (TPSA) is 46.1 Å². The molecule has 1 amide bonds. The first-order chi connectivity index (χ1) is 8.61. The fraction of sp³-hybridized carbons (Fsp3) is 0.750.